The van der Waals surface area contributed by atoms with Crippen LogP contribution in [0, 0.1) is 6.92 Å². The standard InChI is InChI=1S/C22H21NO6S/c1-13-6-4-7-15(10-13)12-23-20(24)18(30-22(23)27)11-16-8-5-9-17(28-3)19(16)29-14(2)21(25)26/h4-11,14H,12H2,1-3H3,(H,25,26)/b18-11-/t14-/m0/s1. The van der Waals surface area contributed by atoms with Crippen LogP contribution < -0.4 is 9.47 Å². The van der Waals surface area contributed by atoms with Crippen LogP contribution in [0.5, 0.6) is 11.5 Å². The average molecular weight is 427 g/mol. The van der Waals surface area contributed by atoms with Crippen LogP contribution in [-0.2, 0) is 16.1 Å². The number of ether oxygens (including phenoxy) is 2. The van der Waals surface area contributed by atoms with E-state index in [1.165, 1.54) is 25.0 Å². The van der Waals surface area contributed by atoms with Gasteiger partial charge in [-0.15, -0.1) is 0 Å². The molecule has 1 saturated heterocycles. The van der Waals surface area contributed by atoms with Gasteiger partial charge < -0.3 is 14.6 Å². The number of para-hydroxylation sites is 1. The van der Waals surface area contributed by atoms with E-state index in [9.17, 15) is 14.4 Å². The molecule has 0 saturated carbocycles. The van der Waals surface area contributed by atoms with Crippen molar-refractivity contribution in [2.75, 3.05) is 7.11 Å². The van der Waals surface area contributed by atoms with Gasteiger partial charge in [-0.3, -0.25) is 14.5 Å². The number of carbonyl (C=O) groups is 3. The smallest absolute Gasteiger partial charge is 0.344 e. The molecule has 2 aromatic carbocycles. The topological polar surface area (TPSA) is 93.1 Å². The molecule has 1 heterocycles. The maximum Gasteiger partial charge on any atom is 0.344 e. The van der Waals surface area contributed by atoms with Crippen molar-refractivity contribution in [3.05, 3.63) is 64.1 Å². The highest BCUT2D eigenvalue weighted by Gasteiger charge is 2.35. The first-order chi connectivity index (χ1) is 14.3. The third-order valence-corrected chi connectivity index (χ3v) is 5.36. The molecule has 0 spiro atoms. The summed E-state index contributed by atoms with van der Waals surface area (Å²) < 4.78 is 10.8. The number of rotatable bonds is 7. The van der Waals surface area contributed by atoms with Gasteiger partial charge in [0.25, 0.3) is 11.1 Å². The molecule has 0 aliphatic carbocycles. The summed E-state index contributed by atoms with van der Waals surface area (Å²) in [5.41, 5.74) is 2.35. The average Bonchev–Trinajstić information content (AvgIpc) is 2.96. The number of hydrogen-bond donors (Lipinski definition) is 1. The molecule has 156 valence electrons. The Morgan fingerprint density at radius 1 is 1.23 bits per heavy atom. The van der Waals surface area contributed by atoms with Crippen molar-refractivity contribution in [2.45, 2.75) is 26.5 Å². The minimum absolute atomic E-state index is 0.182. The molecule has 30 heavy (non-hydrogen) atoms. The van der Waals surface area contributed by atoms with Crippen molar-refractivity contribution in [3.63, 3.8) is 0 Å². The van der Waals surface area contributed by atoms with E-state index in [-0.39, 0.29) is 22.4 Å². The molecular formula is C22H21NO6S. The second-order valence-corrected chi connectivity index (χ2v) is 7.73. The molecule has 3 rings (SSSR count). The van der Waals surface area contributed by atoms with Crippen molar-refractivity contribution in [1.82, 2.24) is 4.90 Å². The van der Waals surface area contributed by atoms with E-state index in [1.54, 1.807) is 18.2 Å². The SMILES string of the molecule is COc1cccc(/C=C2\SC(=O)N(Cc3cccc(C)c3)C2=O)c1O[C@@H](C)C(=O)O. The van der Waals surface area contributed by atoms with E-state index in [4.69, 9.17) is 14.6 Å². The fourth-order valence-corrected chi connectivity index (χ4v) is 3.76. The third-order valence-electron chi connectivity index (χ3n) is 4.46. The third kappa shape index (κ3) is 4.65. The number of imide groups is 1. The maximum atomic E-state index is 12.9. The summed E-state index contributed by atoms with van der Waals surface area (Å²) in [6.07, 6.45) is 0.401. The van der Waals surface area contributed by atoms with Gasteiger partial charge >= 0.3 is 5.97 Å². The summed E-state index contributed by atoms with van der Waals surface area (Å²) in [4.78, 5) is 37.9. The molecule has 1 fully saturated rings. The lowest BCUT2D eigenvalue weighted by atomic mass is 10.1. The van der Waals surface area contributed by atoms with Crippen molar-refractivity contribution >= 4 is 35.0 Å². The second kappa shape index (κ2) is 9.04. The minimum Gasteiger partial charge on any atom is -0.493 e. The Kier molecular flexibility index (Phi) is 6.47. The lowest BCUT2D eigenvalue weighted by Gasteiger charge is -2.16. The molecule has 2 amide bonds. The first kappa shape index (κ1) is 21.4. The van der Waals surface area contributed by atoms with Gasteiger partial charge in [0.1, 0.15) is 0 Å². The summed E-state index contributed by atoms with van der Waals surface area (Å²) in [5.74, 6) is -1.02. The predicted molar refractivity (Wildman–Crippen MR) is 113 cm³/mol. The Hall–Kier alpha value is -3.26. The molecule has 1 N–H and O–H groups in total. The van der Waals surface area contributed by atoms with Crippen molar-refractivity contribution in [3.8, 4) is 11.5 Å². The van der Waals surface area contributed by atoms with Crippen LogP contribution in [0.2, 0.25) is 0 Å². The lowest BCUT2D eigenvalue weighted by molar-refractivity contribution is -0.144. The van der Waals surface area contributed by atoms with Crippen LogP contribution in [-0.4, -0.2) is 40.3 Å². The quantitative estimate of drug-likeness (QED) is 0.665. The highest BCUT2D eigenvalue weighted by Crippen LogP contribution is 2.38. The van der Waals surface area contributed by atoms with Crippen molar-refractivity contribution in [1.29, 1.82) is 0 Å². The van der Waals surface area contributed by atoms with Gasteiger partial charge in [0.2, 0.25) is 0 Å². The van der Waals surface area contributed by atoms with Gasteiger partial charge in [-0.2, -0.15) is 0 Å². The molecule has 1 aliphatic rings. The minimum atomic E-state index is -1.13. The zero-order valence-electron chi connectivity index (χ0n) is 16.7. The number of benzene rings is 2. The fraction of sp³-hybridized carbons (Fsp3) is 0.227. The van der Waals surface area contributed by atoms with Crippen LogP contribution in [0.4, 0.5) is 4.79 Å². The molecule has 7 nitrogen and oxygen atoms in total. The van der Waals surface area contributed by atoms with E-state index < -0.39 is 18.0 Å². The number of hydrogen-bond acceptors (Lipinski definition) is 6. The first-order valence-corrected chi connectivity index (χ1v) is 9.99. The summed E-state index contributed by atoms with van der Waals surface area (Å²) in [5, 5.41) is 8.80. The number of nitrogens with zero attached hydrogens (tertiary/aromatic N) is 1. The first-order valence-electron chi connectivity index (χ1n) is 9.17. The highest BCUT2D eigenvalue weighted by molar-refractivity contribution is 8.18. The van der Waals surface area contributed by atoms with Gasteiger partial charge in [-0.1, -0.05) is 42.0 Å². The molecule has 1 atom stereocenters. The van der Waals surface area contributed by atoms with Gasteiger partial charge in [0.05, 0.1) is 18.6 Å². The van der Waals surface area contributed by atoms with Crippen LogP contribution in [0.15, 0.2) is 47.4 Å². The number of thioether (sulfide) groups is 1. The number of carboxylic acid groups (broad SMARTS) is 1. The molecule has 0 unspecified atom stereocenters. The van der Waals surface area contributed by atoms with Crippen LogP contribution >= 0.6 is 11.8 Å². The molecule has 0 bridgehead atoms. The summed E-state index contributed by atoms with van der Waals surface area (Å²) in [7, 11) is 1.44. The molecule has 1 aliphatic heterocycles. The van der Waals surface area contributed by atoms with Crippen molar-refractivity contribution < 1.29 is 29.0 Å². The van der Waals surface area contributed by atoms with Gasteiger partial charge in [0, 0.05) is 5.56 Å². The number of carboxylic acids is 1. The van der Waals surface area contributed by atoms with Crippen LogP contribution in [0.1, 0.15) is 23.6 Å². The zero-order chi connectivity index (χ0) is 21.8. The van der Waals surface area contributed by atoms with Gasteiger partial charge in [-0.25, -0.2) is 4.79 Å². The second-order valence-electron chi connectivity index (χ2n) is 6.73. The molecule has 0 radical (unpaired) electrons. The summed E-state index contributed by atoms with van der Waals surface area (Å²) in [6, 6.07) is 12.6. The molecule has 0 aromatic heterocycles. The predicted octanol–water partition coefficient (Wildman–Crippen LogP) is 4.09. The van der Waals surface area contributed by atoms with Gasteiger partial charge in [0.15, 0.2) is 17.6 Å². The normalized spacial score (nSPS) is 16.1. The van der Waals surface area contributed by atoms with E-state index in [2.05, 4.69) is 0 Å². The molecule has 2 aromatic rings. The van der Waals surface area contributed by atoms with E-state index in [1.807, 2.05) is 31.2 Å². The Balaban J connectivity index is 1.90. The number of methoxy groups -OCH3 is 1. The van der Waals surface area contributed by atoms with E-state index in [0.29, 0.717) is 11.3 Å². The highest BCUT2D eigenvalue weighted by atomic mass is 32.2. The number of amides is 2. The number of aryl methyl sites for hydroxylation is 1. The van der Waals surface area contributed by atoms with Crippen LogP contribution in [0.25, 0.3) is 6.08 Å². The van der Waals surface area contributed by atoms with Crippen LogP contribution in [0.3, 0.4) is 0 Å². The Morgan fingerprint density at radius 2 is 1.97 bits per heavy atom. The Bertz CT molecular complexity index is 1030. The Labute approximate surface area is 178 Å². The monoisotopic (exact) mass is 427 g/mol. The van der Waals surface area contributed by atoms with Gasteiger partial charge in [-0.05, 0) is 43.3 Å². The summed E-state index contributed by atoms with van der Waals surface area (Å²) >= 11 is 0.833. The Morgan fingerprint density at radius 3 is 2.63 bits per heavy atom. The van der Waals surface area contributed by atoms with E-state index >= 15 is 0 Å². The summed E-state index contributed by atoms with van der Waals surface area (Å²) in [6.45, 7) is 3.52. The van der Waals surface area contributed by atoms with E-state index in [0.717, 1.165) is 22.9 Å². The fourth-order valence-electron chi connectivity index (χ4n) is 2.93. The maximum absolute atomic E-state index is 12.9. The number of aliphatic carboxylic acids is 1. The molecule has 8 heteroatoms. The molecular weight excluding hydrogens is 406 g/mol. The largest absolute Gasteiger partial charge is 0.493 e. The zero-order valence-corrected chi connectivity index (χ0v) is 17.6. The van der Waals surface area contributed by atoms with Crippen molar-refractivity contribution in [2.24, 2.45) is 0 Å². The number of carbonyl (C=O) groups excluding carboxylic acids is 2. The lowest BCUT2D eigenvalue weighted by Crippen LogP contribution is -2.27.